The summed E-state index contributed by atoms with van der Waals surface area (Å²) in [5, 5.41) is 5.18. The Morgan fingerprint density at radius 3 is 2.24 bits per heavy atom. The van der Waals surface area contributed by atoms with E-state index in [0.29, 0.717) is 18.0 Å². The van der Waals surface area contributed by atoms with Crippen LogP contribution in [0.3, 0.4) is 0 Å². The van der Waals surface area contributed by atoms with E-state index in [4.69, 9.17) is 11.6 Å². The van der Waals surface area contributed by atoms with Gasteiger partial charge in [0.1, 0.15) is 6.04 Å². The first-order valence-corrected chi connectivity index (χ1v) is 14.1. The van der Waals surface area contributed by atoms with Crippen molar-refractivity contribution in [2.75, 3.05) is 20.1 Å². The number of nitrogens with zero attached hydrogens (tertiary/aromatic N) is 2. The zero-order valence-electron chi connectivity index (χ0n) is 21.6. The normalized spacial score (nSPS) is 12.6. The van der Waals surface area contributed by atoms with Gasteiger partial charge >= 0.3 is 0 Å². The monoisotopic (exact) mass is 543 g/mol. The van der Waals surface area contributed by atoms with E-state index in [2.05, 4.69) is 5.32 Å². The van der Waals surface area contributed by atoms with Crippen LogP contribution in [0.25, 0.3) is 10.8 Å². The van der Waals surface area contributed by atoms with Crippen molar-refractivity contribution in [3.63, 3.8) is 0 Å². The molecule has 0 radical (unpaired) electrons. The smallest absolute Gasteiger partial charge is 0.243 e. The van der Waals surface area contributed by atoms with Crippen molar-refractivity contribution in [3.8, 4) is 0 Å². The van der Waals surface area contributed by atoms with Crippen LogP contribution in [0.1, 0.15) is 32.8 Å². The molecule has 0 aliphatic carbocycles. The van der Waals surface area contributed by atoms with Crippen molar-refractivity contribution in [1.82, 2.24) is 14.5 Å². The average molecular weight is 544 g/mol. The van der Waals surface area contributed by atoms with Gasteiger partial charge in [-0.2, -0.15) is 4.31 Å². The van der Waals surface area contributed by atoms with E-state index in [9.17, 15) is 18.0 Å². The fourth-order valence-corrected chi connectivity index (χ4v) is 5.28. The van der Waals surface area contributed by atoms with E-state index in [1.807, 2.05) is 45.0 Å². The second-order valence-electron chi connectivity index (χ2n) is 9.48. The van der Waals surface area contributed by atoms with Crippen molar-refractivity contribution in [2.45, 2.75) is 44.7 Å². The van der Waals surface area contributed by atoms with Gasteiger partial charge in [0.25, 0.3) is 0 Å². The molecule has 0 aliphatic heterocycles. The molecule has 7 nitrogen and oxygen atoms in total. The maximum absolute atomic E-state index is 13.6. The topological polar surface area (TPSA) is 86.8 Å². The lowest BCUT2D eigenvalue weighted by molar-refractivity contribution is -0.141. The minimum atomic E-state index is -3.94. The number of amides is 2. The standard InChI is InChI=1S/C28H34ClN3O4S/c1-5-26(28(34)30-17-20(2)3)32(18-21-10-13-24(29)14-11-21)27(33)19-31(4)37(35,36)25-15-12-22-8-6-7-9-23(22)16-25/h6-16,20,26H,5,17-19H2,1-4H3,(H,30,34). The van der Waals surface area contributed by atoms with Crippen molar-refractivity contribution in [3.05, 3.63) is 77.3 Å². The molecule has 1 unspecified atom stereocenters. The van der Waals surface area contributed by atoms with Crippen LogP contribution in [0, 0.1) is 5.92 Å². The molecular formula is C28H34ClN3O4S. The van der Waals surface area contributed by atoms with Crippen molar-refractivity contribution < 1.29 is 18.0 Å². The van der Waals surface area contributed by atoms with Gasteiger partial charge in [-0.3, -0.25) is 9.59 Å². The fourth-order valence-electron chi connectivity index (χ4n) is 4.00. The van der Waals surface area contributed by atoms with E-state index in [0.717, 1.165) is 20.6 Å². The summed E-state index contributed by atoms with van der Waals surface area (Å²) in [6.45, 7) is 6.03. The Hall–Kier alpha value is -2.94. The minimum absolute atomic E-state index is 0.104. The molecule has 37 heavy (non-hydrogen) atoms. The molecule has 2 amide bonds. The van der Waals surface area contributed by atoms with Crippen LogP contribution in [-0.4, -0.2) is 55.6 Å². The summed E-state index contributed by atoms with van der Waals surface area (Å²) in [7, 11) is -2.57. The number of carbonyl (C=O) groups excluding carboxylic acids is 2. The Bertz CT molecular complexity index is 1340. The molecule has 3 aromatic carbocycles. The molecule has 0 fully saturated rings. The first-order chi connectivity index (χ1) is 17.5. The summed E-state index contributed by atoms with van der Waals surface area (Å²) in [4.78, 5) is 28.2. The Kier molecular flexibility index (Phi) is 9.70. The number of fused-ring (bicyclic) bond motifs is 1. The number of rotatable bonds is 11. The summed E-state index contributed by atoms with van der Waals surface area (Å²) >= 11 is 6.02. The summed E-state index contributed by atoms with van der Waals surface area (Å²) in [6, 6.07) is 18.6. The number of benzene rings is 3. The van der Waals surface area contributed by atoms with E-state index in [-0.39, 0.29) is 23.3 Å². The van der Waals surface area contributed by atoms with E-state index >= 15 is 0 Å². The highest BCUT2D eigenvalue weighted by Gasteiger charge is 2.32. The van der Waals surface area contributed by atoms with Gasteiger partial charge in [0, 0.05) is 25.2 Å². The van der Waals surface area contributed by atoms with Crippen molar-refractivity contribution in [2.24, 2.45) is 5.92 Å². The second kappa shape index (κ2) is 12.5. The predicted molar refractivity (Wildman–Crippen MR) is 148 cm³/mol. The number of carbonyl (C=O) groups is 2. The second-order valence-corrected chi connectivity index (χ2v) is 12.0. The third-order valence-electron chi connectivity index (χ3n) is 6.12. The molecular weight excluding hydrogens is 510 g/mol. The molecule has 198 valence electrons. The number of halogens is 1. The average Bonchev–Trinajstić information content (AvgIpc) is 2.87. The number of likely N-dealkylation sites (N-methyl/N-ethyl adjacent to an activating group) is 1. The molecule has 0 saturated heterocycles. The van der Waals surface area contributed by atoms with Gasteiger partial charge in [-0.05, 0) is 52.9 Å². The SMILES string of the molecule is CCC(C(=O)NCC(C)C)N(Cc1ccc(Cl)cc1)C(=O)CN(C)S(=O)(=O)c1ccc2ccccc2c1. The first-order valence-electron chi connectivity index (χ1n) is 12.3. The maximum Gasteiger partial charge on any atom is 0.243 e. The predicted octanol–water partition coefficient (Wildman–Crippen LogP) is 4.69. The van der Waals surface area contributed by atoms with Crippen LogP contribution >= 0.6 is 11.6 Å². The first kappa shape index (κ1) is 28.6. The van der Waals surface area contributed by atoms with Gasteiger partial charge in [0.05, 0.1) is 11.4 Å². The third kappa shape index (κ3) is 7.31. The largest absolute Gasteiger partial charge is 0.354 e. The lowest BCUT2D eigenvalue weighted by atomic mass is 10.1. The number of sulfonamides is 1. The molecule has 1 atom stereocenters. The van der Waals surface area contributed by atoms with Crippen LogP contribution in [0.5, 0.6) is 0 Å². The molecule has 3 rings (SSSR count). The van der Waals surface area contributed by atoms with E-state index < -0.39 is 28.5 Å². The molecule has 0 aliphatic rings. The Balaban J connectivity index is 1.86. The molecule has 0 spiro atoms. The van der Waals surface area contributed by atoms with Crippen LogP contribution in [0.4, 0.5) is 0 Å². The van der Waals surface area contributed by atoms with Crippen LogP contribution in [-0.2, 0) is 26.2 Å². The van der Waals surface area contributed by atoms with Crippen molar-refractivity contribution >= 4 is 44.2 Å². The number of hydrogen-bond donors (Lipinski definition) is 1. The van der Waals surface area contributed by atoms with Gasteiger partial charge in [0.2, 0.25) is 21.8 Å². The lowest BCUT2D eigenvalue weighted by Gasteiger charge is -2.32. The Labute approximate surface area is 224 Å². The summed E-state index contributed by atoms with van der Waals surface area (Å²) < 4.78 is 27.7. The number of nitrogens with one attached hydrogen (secondary N) is 1. The van der Waals surface area contributed by atoms with Gasteiger partial charge in [-0.1, -0.05) is 74.8 Å². The third-order valence-corrected chi connectivity index (χ3v) is 8.18. The molecule has 0 saturated carbocycles. The highest BCUT2D eigenvalue weighted by Crippen LogP contribution is 2.22. The molecule has 0 aromatic heterocycles. The highest BCUT2D eigenvalue weighted by molar-refractivity contribution is 7.89. The van der Waals surface area contributed by atoms with Gasteiger partial charge in [0.15, 0.2) is 0 Å². The van der Waals surface area contributed by atoms with Crippen LogP contribution in [0.15, 0.2) is 71.6 Å². The molecule has 1 N–H and O–H groups in total. The summed E-state index contributed by atoms with van der Waals surface area (Å²) in [6.07, 6.45) is 0.379. The molecule has 9 heteroatoms. The summed E-state index contributed by atoms with van der Waals surface area (Å²) in [5.41, 5.74) is 0.785. The number of hydrogen-bond acceptors (Lipinski definition) is 4. The van der Waals surface area contributed by atoms with Crippen LogP contribution in [0.2, 0.25) is 5.02 Å². The molecule has 3 aromatic rings. The minimum Gasteiger partial charge on any atom is -0.354 e. The van der Waals surface area contributed by atoms with Crippen molar-refractivity contribution in [1.29, 1.82) is 0 Å². The Morgan fingerprint density at radius 1 is 0.973 bits per heavy atom. The van der Waals surface area contributed by atoms with Gasteiger partial charge in [-0.15, -0.1) is 0 Å². The Morgan fingerprint density at radius 2 is 1.62 bits per heavy atom. The zero-order valence-corrected chi connectivity index (χ0v) is 23.2. The maximum atomic E-state index is 13.6. The van der Waals surface area contributed by atoms with Gasteiger partial charge in [-0.25, -0.2) is 8.42 Å². The van der Waals surface area contributed by atoms with E-state index in [1.54, 1.807) is 42.5 Å². The lowest BCUT2D eigenvalue weighted by Crippen LogP contribution is -2.52. The molecule has 0 bridgehead atoms. The summed E-state index contributed by atoms with van der Waals surface area (Å²) in [5.74, 6) is -0.480. The van der Waals surface area contributed by atoms with Gasteiger partial charge < -0.3 is 10.2 Å². The fraction of sp³-hybridized carbons (Fsp3) is 0.357. The van der Waals surface area contributed by atoms with E-state index in [1.165, 1.54) is 11.9 Å². The van der Waals surface area contributed by atoms with Crippen LogP contribution < -0.4 is 5.32 Å². The zero-order chi connectivity index (χ0) is 27.2. The quantitative estimate of drug-likeness (QED) is 0.380. The molecule has 0 heterocycles. The highest BCUT2D eigenvalue weighted by atomic mass is 35.5.